The lowest BCUT2D eigenvalue weighted by Gasteiger charge is -2.21. The Hall–Kier alpha value is -0.770. The topological polar surface area (TPSA) is 40.5 Å². The molecule has 2 rings (SSSR count). The zero-order chi connectivity index (χ0) is 14.5. The van der Waals surface area contributed by atoms with Gasteiger partial charge in [-0.25, -0.2) is 0 Å². The molecule has 1 atom stereocenters. The summed E-state index contributed by atoms with van der Waals surface area (Å²) in [5.74, 6) is -0.395. The average molecular weight is 316 g/mol. The minimum atomic E-state index is -0.693. The van der Waals surface area contributed by atoms with E-state index in [0.29, 0.717) is 10.9 Å². The lowest BCUT2D eigenvalue weighted by atomic mass is 9.97. The summed E-state index contributed by atoms with van der Waals surface area (Å²) in [4.78, 5) is 13.1. The normalized spacial score (nSPS) is 20.6. The first-order chi connectivity index (χ1) is 9.54. The lowest BCUT2D eigenvalue weighted by molar-refractivity contribution is -0.138. The highest BCUT2D eigenvalue weighted by molar-refractivity contribution is 6.33. The molecular formula is C15H19Cl2NO2. The second kappa shape index (κ2) is 7.30. The molecule has 1 aliphatic rings. The molecular weight excluding hydrogens is 297 g/mol. The number of carbonyl (C=O) groups is 1. The monoisotopic (exact) mass is 315 g/mol. The molecule has 110 valence electrons. The zero-order valence-electron chi connectivity index (χ0n) is 11.3. The minimum absolute atomic E-state index is 0.283. The summed E-state index contributed by atoms with van der Waals surface area (Å²) in [6.07, 6.45) is 3.25. The SMILES string of the molecule is O=C(O)CC1CCCN(Cc2cc(Cl)ccc2Cl)CC1. The summed E-state index contributed by atoms with van der Waals surface area (Å²) in [6.45, 7) is 2.68. The van der Waals surface area contributed by atoms with Crippen LogP contribution in [-0.2, 0) is 11.3 Å². The summed E-state index contributed by atoms with van der Waals surface area (Å²) in [5.41, 5.74) is 1.04. The number of rotatable bonds is 4. The number of nitrogens with zero attached hydrogens (tertiary/aromatic N) is 1. The maximum Gasteiger partial charge on any atom is 0.303 e. The molecule has 1 aromatic rings. The molecule has 1 aromatic carbocycles. The highest BCUT2D eigenvalue weighted by Crippen LogP contribution is 2.25. The van der Waals surface area contributed by atoms with Crippen LogP contribution in [-0.4, -0.2) is 29.1 Å². The summed E-state index contributed by atoms with van der Waals surface area (Å²) in [6, 6.07) is 5.52. The van der Waals surface area contributed by atoms with Crippen LogP contribution in [0.3, 0.4) is 0 Å². The largest absolute Gasteiger partial charge is 0.481 e. The zero-order valence-corrected chi connectivity index (χ0v) is 12.8. The third-order valence-electron chi connectivity index (χ3n) is 3.81. The van der Waals surface area contributed by atoms with Gasteiger partial charge in [-0.05, 0) is 62.0 Å². The molecule has 0 aromatic heterocycles. The first-order valence-corrected chi connectivity index (χ1v) is 7.68. The van der Waals surface area contributed by atoms with E-state index in [-0.39, 0.29) is 6.42 Å². The number of hydrogen-bond acceptors (Lipinski definition) is 2. The third kappa shape index (κ3) is 4.65. The van der Waals surface area contributed by atoms with Crippen molar-refractivity contribution >= 4 is 29.2 Å². The predicted octanol–water partition coefficient (Wildman–Crippen LogP) is 4.07. The molecule has 3 nitrogen and oxygen atoms in total. The van der Waals surface area contributed by atoms with Gasteiger partial charge in [0, 0.05) is 23.0 Å². The second-order valence-corrected chi connectivity index (χ2v) is 6.25. The van der Waals surface area contributed by atoms with Gasteiger partial charge in [0.1, 0.15) is 0 Å². The number of benzene rings is 1. The Morgan fingerprint density at radius 3 is 2.85 bits per heavy atom. The van der Waals surface area contributed by atoms with Crippen molar-refractivity contribution in [1.82, 2.24) is 4.90 Å². The van der Waals surface area contributed by atoms with Crippen molar-refractivity contribution in [1.29, 1.82) is 0 Å². The van der Waals surface area contributed by atoms with Gasteiger partial charge in [-0.15, -0.1) is 0 Å². The molecule has 1 N–H and O–H groups in total. The highest BCUT2D eigenvalue weighted by atomic mass is 35.5. The van der Waals surface area contributed by atoms with Crippen molar-refractivity contribution in [3.05, 3.63) is 33.8 Å². The van der Waals surface area contributed by atoms with Crippen molar-refractivity contribution in [2.24, 2.45) is 5.92 Å². The number of carboxylic acids is 1. The van der Waals surface area contributed by atoms with Crippen molar-refractivity contribution < 1.29 is 9.90 Å². The molecule has 1 saturated heterocycles. The minimum Gasteiger partial charge on any atom is -0.481 e. The van der Waals surface area contributed by atoms with E-state index in [4.69, 9.17) is 28.3 Å². The maximum absolute atomic E-state index is 10.8. The third-order valence-corrected chi connectivity index (χ3v) is 4.41. The number of hydrogen-bond donors (Lipinski definition) is 1. The summed E-state index contributed by atoms with van der Waals surface area (Å²) in [7, 11) is 0. The standard InChI is InChI=1S/C15H19Cl2NO2/c16-13-3-4-14(17)12(9-13)10-18-6-1-2-11(5-7-18)8-15(19)20/h3-4,9,11H,1-2,5-8,10H2,(H,19,20). The van der Waals surface area contributed by atoms with E-state index < -0.39 is 5.97 Å². The smallest absolute Gasteiger partial charge is 0.303 e. The number of halogens is 2. The summed E-state index contributed by atoms with van der Waals surface area (Å²) < 4.78 is 0. The number of likely N-dealkylation sites (tertiary alicyclic amines) is 1. The molecule has 0 aliphatic carbocycles. The molecule has 1 fully saturated rings. The van der Waals surface area contributed by atoms with Crippen LogP contribution >= 0.6 is 23.2 Å². The van der Waals surface area contributed by atoms with E-state index in [1.165, 1.54) is 0 Å². The van der Waals surface area contributed by atoms with E-state index in [1.54, 1.807) is 6.07 Å². The van der Waals surface area contributed by atoms with Gasteiger partial charge >= 0.3 is 5.97 Å². The Morgan fingerprint density at radius 2 is 2.10 bits per heavy atom. The summed E-state index contributed by atoms with van der Waals surface area (Å²) in [5, 5.41) is 10.3. The van der Waals surface area contributed by atoms with Crippen molar-refractivity contribution in [3.8, 4) is 0 Å². The van der Waals surface area contributed by atoms with Crippen LogP contribution in [0.15, 0.2) is 18.2 Å². The predicted molar refractivity (Wildman–Crippen MR) is 81.3 cm³/mol. The Kier molecular flexibility index (Phi) is 5.70. The van der Waals surface area contributed by atoms with E-state index >= 15 is 0 Å². The number of aliphatic carboxylic acids is 1. The fraction of sp³-hybridized carbons (Fsp3) is 0.533. The van der Waals surface area contributed by atoms with Crippen LogP contribution in [0, 0.1) is 5.92 Å². The van der Waals surface area contributed by atoms with Crippen molar-refractivity contribution in [2.45, 2.75) is 32.2 Å². The van der Waals surface area contributed by atoms with E-state index in [2.05, 4.69) is 4.90 Å². The van der Waals surface area contributed by atoms with Gasteiger partial charge in [0.15, 0.2) is 0 Å². The van der Waals surface area contributed by atoms with Gasteiger partial charge in [-0.1, -0.05) is 23.2 Å². The van der Waals surface area contributed by atoms with Gasteiger partial charge in [-0.2, -0.15) is 0 Å². The molecule has 0 spiro atoms. The lowest BCUT2D eigenvalue weighted by Crippen LogP contribution is -2.24. The molecule has 0 amide bonds. The first-order valence-electron chi connectivity index (χ1n) is 6.92. The van der Waals surface area contributed by atoms with Gasteiger partial charge in [0.25, 0.3) is 0 Å². The molecule has 20 heavy (non-hydrogen) atoms. The first kappa shape index (κ1) is 15.6. The van der Waals surface area contributed by atoms with Crippen LogP contribution in [0.5, 0.6) is 0 Å². The Balaban J connectivity index is 1.94. The van der Waals surface area contributed by atoms with Crippen molar-refractivity contribution in [2.75, 3.05) is 13.1 Å². The molecule has 5 heteroatoms. The van der Waals surface area contributed by atoms with Crippen LogP contribution in [0.25, 0.3) is 0 Å². The van der Waals surface area contributed by atoms with Crippen LogP contribution in [0.4, 0.5) is 0 Å². The van der Waals surface area contributed by atoms with Crippen LogP contribution < -0.4 is 0 Å². The number of carboxylic acid groups (broad SMARTS) is 1. The van der Waals surface area contributed by atoms with Crippen molar-refractivity contribution in [3.63, 3.8) is 0 Å². The fourth-order valence-electron chi connectivity index (χ4n) is 2.74. The summed E-state index contributed by atoms with van der Waals surface area (Å²) >= 11 is 12.2. The van der Waals surface area contributed by atoms with E-state index in [9.17, 15) is 4.79 Å². The van der Waals surface area contributed by atoms with Gasteiger partial charge in [0.2, 0.25) is 0 Å². The molecule has 0 saturated carbocycles. The Labute approximate surface area is 129 Å². The van der Waals surface area contributed by atoms with Gasteiger partial charge in [0.05, 0.1) is 0 Å². The Morgan fingerprint density at radius 1 is 1.30 bits per heavy atom. The van der Waals surface area contributed by atoms with E-state index in [0.717, 1.165) is 49.5 Å². The second-order valence-electron chi connectivity index (χ2n) is 5.41. The average Bonchev–Trinajstić information content (AvgIpc) is 2.59. The Bertz CT molecular complexity index is 479. The quantitative estimate of drug-likeness (QED) is 0.910. The van der Waals surface area contributed by atoms with Gasteiger partial charge in [-0.3, -0.25) is 9.69 Å². The highest BCUT2D eigenvalue weighted by Gasteiger charge is 2.19. The van der Waals surface area contributed by atoms with Gasteiger partial charge < -0.3 is 5.11 Å². The molecule has 0 radical (unpaired) electrons. The maximum atomic E-state index is 10.8. The van der Waals surface area contributed by atoms with E-state index in [1.807, 2.05) is 12.1 Å². The van der Waals surface area contributed by atoms with Crippen LogP contribution in [0.1, 0.15) is 31.2 Å². The molecule has 1 heterocycles. The molecule has 1 unspecified atom stereocenters. The molecule has 1 aliphatic heterocycles. The molecule has 0 bridgehead atoms. The fourth-order valence-corrected chi connectivity index (χ4v) is 3.11. The van der Waals surface area contributed by atoms with Crippen LogP contribution in [0.2, 0.25) is 10.0 Å².